The lowest BCUT2D eigenvalue weighted by Crippen LogP contribution is -2.38. The van der Waals surface area contributed by atoms with Crippen LogP contribution in [0.5, 0.6) is 11.5 Å². The molecule has 0 saturated carbocycles. The molecule has 1 amide bonds. The van der Waals surface area contributed by atoms with Crippen LogP contribution in [0.4, 0.5) is 0 Å². The molecule has 0 spiro atoms. The van der Waals surface area contributed by atoms with E-state index in [4.69, 9.17) is 9.47 Å². The van der Waals surface area contributed by atoms with Gasteiger partial charge in [-0.15, -0.1) is 0 Å². The molecule has 2 heterocycles. The number of carbonyl (C=O) groups excluding carboxylic acids is 1. The fraction of sp³-hybridized carbons (Fsp3) is 0.346. The molecule has 162 valence electrons. The standard InChI is InChI=1S/C26H30N2O3/c1-18-12-14-27(15-13-18)26(29)24-17-25(20-8-10-22(30-3)11-9-20)28(19(24)2)21-6-5-7-23(16-21)31-4/h5-11,16-18H,12-15H2,1-4H3. The van der Waals surface area contributed by atoms with Gasteiger partial charge in [-0.25, -0.2) is 0 Å². The van der Waals surface area contributed by atoms with E-state index in [0.29, 0.717) is 5.92 Å². The van der Waals surface area contributed by atoms with Crippen LogP contribution in [-0.4, -0.2) is 42.7 Å². The van der Waals surface area contributed by atoms with Gasteiger partial charge < -0.3 is 18.9 Å². The van der Waals surface area contributed by atoms with Crippen molar-refractivity contribution in [1.29, 1.82) is 0 Å². The Kier molecular flexibility index (Phi) is 6.03. The third kappa shape index (κ3) is 4.18. The van der Waals surface area contributed by atoms with Gasteiger partial charge in [-0.05, 0) is 73.7 Å². The van der Waals surface area contributed by atoms with Crippen molar-refractivity contribution in [3.63, 3.8) is 0 Å². The summed E-state index contributed by atoms with van der Waals surface area (Å²) in [5.74, 6) is 2.38. The Hall–Kier alpha value is -3.21. The molecular weight excluding hydrogens is 388 g/mol. The van der Waals surface area contributed by atoms with Gasteiger partial charge in [0.2, 0.25) is 0 Å². The number of hydrogen-bond donors (Lipinski definition) is 0. The van der Waals surface area contributed by atoms with E-state index in [0.717, 1.165) is 65.6 Å². The van der Waals surface area contributed by atoms with E-state index >= 15 is 0 Å². The fourth-order valence-electron chi connectivity index (χ4n) is 4.26. The minimum Gasteiger partial charge on any atom is -0.497 e. The molecule has 31 heavy (non-hydrogen) atoms. The lowest BCUT2D eigenvalue weighted by molar-refractivity contribution is 0.0696. The molecule has 2 aromatic carbocycles. The molecule has 0 unspecified atom stereocenters. The highest BCUT2D eigenvalue weighted by Gasteiger charge is 2.26. The summed E-state index contributed by atoms with van der Waals surface area (Å²) < 4.78 is 12.9. The number of hydrogen-bond acceptors (Lipinski definition) is 3. The highest BCUT2D eigenvalue weighted by molar-refractivity contribution is 5.97. The van der Waals surface area contributed by atoms with Crippen molar-refractivity contribution in [2.24, 2.45) is 5.92 Å². The van der Waals surface area contributed by atoms with Crippen LogP contribution in [0.1, 0.15) is 35.8 Å². The Morgan fingerprint density at radius 2 is 1.61 bits per heavy atom. The molecular formula is C26H30N2O3. The smallest absolute Gasteiger partial charge is 0.255 e. The summed E-state index contributed by atoms with van der Waals surface area (Å²) in [5, 5.41) is 0. The van der Waals surface area contributed by atoms with Crippen molar-refractivity contribution in [1.82, 2.24) is 9.47 Å². The number of aromatic nitrogens is 1. The Balaban J connectivity index is 1.82. The quantitative estimate of drug-likeness (QED) is 0.562. The molecule has 5 heteroatoms. The Morgan fingerprint density at radius 3 is 2.26 bits per heavy atom. The molecule has 0 atom stereocenters. The summed E-state index contributed by atoms with van der Waals surface area (Å²) in [6.07, 6.45) is 2.12. The van der Waals surface area contributed by atoms with E-state index < -0.39 is 0 Å². The van der Waals surface area contributed by atoms with Crippen molar-refractivity contribution < 1.29 is 14.3 Å². The largest absolute Gasteiger partial charge is 0.497 e. The van der Waals surface area contributed by atoms with Crippen LogP contribution in [0, 0.1) is 12.8 Å². The Morgan fingerprint density at radius 1 is 0.935 bits per heavy atom. The molecule has 1 fully saturated rings. The lowest BCUT2D eigenvalue weighted by Gasteiger charge is -2.30. The number of ether oxygens (including phenoxy) is 2. The molecule has 1 aliphatic rings. The van der Waals surface area contributed by atoms with Crippen LogP contribution in [0.25, 0.3) is 16.9 Å². The molecule has 1 aliphatic heterocycles. The number of rotatable bonds is 5. The Labute approximate surface area is 184 Å². The molecule has 1 aromatic heterocycles. The second kappa shape index (κ2) is 8.88. The van der Waals surface area contributed by atoms with Crippen LogP contribution < -0.4 is 9.47 Å². The first-order valence-electron chi connectivity index (χ1n) is 10.8. The first-order valence-corrected chi connectivity index (χ1v) is 10.8. The molecule has 0 N–H and O–H groups in total. The van der Waals surface area contributed by atoms with E-state index in [2.05, 4.69) is 11.5 Å². The van der Waals surface area contributed by atoms with Gasteiger partial charge in [0.05, 0.1) is 25.5 Å². The van der Waals surface area contributed by atoms with Gasteiger partial charge in [0, 0.05) is 30.5 Å². The number of methoxy groups -OCH3 is 2. The zero-order chi connectivity index (χ0) is 22.0. The predicted molar refractivity (Wildman–Crippen MR) is 123 cm³/mol. The van der Waals surface area contributed by atoms with Gasteiger partial charge in [0.1, 0.15) is 11.5 Å². The Bertz CT molecular complexity index is 1060. The molecule has 0 radical (unpaired) electrons. The van der Waals surface area contributed by atoms with E-state index in [-0.39, 0.29) is 5.91 Å². The molecule has 0 aliphatic carbocycles. The number of nitrogens with zero attached hydrogens (tertiary/aromatic N) is 2. The van der Waals surface area contributed by atoms with Crippen LogP contribution in [-0.2, 0) is 0 Å². The SMILES string of the molecule is COc1ccc(-c2cc(C(=O)N3CCC(C)CC3)c(C)n2-c2cccc(OC)c2)cc1. The lowest BCUT2D eigenvalue weighted by atomic mass is 9.98. The van der Waals surface area contributed by atoms with Crippen molar-refractivity contribution >= 4 is 5.91 Å². The zero-order valence-electron chi connectivity index (χ0n) is 18.7. The summed E-state index contributed by atoms with van der Waals surface area (Å²) in [6.45, 7) is 5.92. The molecule has 1 saturated heterocycles. The van der Waals surface area contributed by atoms with Gasteiger partial charge in [-0.3, -0.25) is 4.79 Å². The van der Waals surface area contributed by atoms with Gasteiger partial charge in [0.15, 0.2) is 0 Å². The number of carbonyl (C=O) groups is 1. The van der Waals surface area contributed by atoms with E-state index in [1.165, 1.54) is 0 Å². The van der Waals surface area contributed by atoms with Crippen molar-refractivity contribution in [2.75, 3.05) is 27.3 Å². The van der Waals surface area contributed by atoms with Crippen LogP contribution >= 0.6 is 0 Å². The topological polar surface area (TPSA) is 43.7 Å². The number of benzene rings is 2. The second-order valence-corrected chi connectivity index (χ2v) is 8.27. The monoisotopic (exact) mass is 418 g/mol. The first kappa shape index (κ1) is 21.0. The van der Waals surface area contributed by atoms with Crippen LogP contribution in [0.2, 0.25) is 0 Å². The summed E-state index contributed by atoms with van der Waals surface area (Å²) in [4.78, 5) is 15.4. The van der Waals surface area contributed by atoms with Crippen LogP contribution in [0.3, 0.4) is 0 Å². The molecule has 0 bridgehead atoms. The van der Waals surface area contributed by atoms with Crippen molar-refractivity contribution in [3.05, 3.63) is 65.9 Å². The molecule has 3 aromatic rings. The molecule has 5 nitrogen and oxygen atoms in total. The summed E-state index contributed by atoms with van der Waals surface area (Å²) in [6, 6.07) is 17.9. The van der Waals surface area contributed by atoms with Gasteiger partial charge in [0.25, 0.3) is 5.91 Å². The third-order valence-electron chi connectivity index (χ3n) is 6.25. The van der Waals surface area contributed by atoms with E-state index in [1.54, 1.807) is 14.2 Å². The number of likely N-dealkylation sites (tertiary alicyclic amines) is 1. The second-order valence-electron chi connectivity index (χ2n) is 8.27. The van der Waals surface area contributed by atoms with E-state index in [1.807, 2.05) is 66.4 Å². The maximum atomic E-state index is 13.4. The van der Waals surface area contributed by atoms with Gasteiger partial charge in [-0.2, -0.15) is 0 Å². The molecule has 4 rings (SSSR count). The van der Waals surface area contributed by atoms with Gasteiger partial charge >= 0.3 is 0 Å². The predicted octanol–water partition coefficient (Wildman–Crippen LogP) is 5.34. The van der Waals surface area contributed by atoms with Gasteiger partial charge in [-0.1, -0.05) is 13.0 Å². The minimum atomic E-state index is 0.112. The van der Waals surface area contributed by atoms with E-state index in [9.17, 15) is 4.79 Å². The number of amides is 1. The maximum absolute atomic E-state index is 13.4. The average molecular weight is 419 g/mol. The first-order chi connectivity index (χ1) is 15.0. The highest BCUT2D eigenvalue weighted by Crippen LogP contribution is 2.33. The average Bonchev–Trinajstić information content (AvgIpc) is 3.16. The van der Waals surface area contributed by atoms with Crippen LogP contribution in [0.15, 0.2) is 54.6 Å². The minimum absolute atomic E-state index is 0.112. The normalized spacial score (nSPS) is 14.5. The van der Waals surface area contributed by atoms with Crippen molar-refractivity contribution in [3.8, 4) is 28.4 Å². The summed E-state index contributed by atoms with van der Waals surface area (Å²) >= 11 is 0. The maximum Gasteiger partial charge on any atom is 0.255 e. The zero-order valence-corrected chi connectivity index (χ0v) is 18.7. The highest BCUT2D eigenvalue weighted by atomic mass is 16.5. The van der Waals surface area contributed by atoms with Crippen molar-refractivity contribution in [2.45, 2.75) is 26.7 Å². The summed E-state index contributed by atoms with van der Waals surface area (Å²) in [5.41, 5.74) is 4.65. The third-order valence-corrected chi connectivity index (χ3v) is 6.25. The fourth-order valence-corrected chi connectivity index (χ4v) is 4.26. The number of piperidine rings is 1. The summed E-state index contributed by atoms with van der Waals surface area (Å²) in [7, 11) is 3.33.